The van der Waals surface area contributed by atoms with Crippen molar-refractivity contribution in [1.82, 2.24) is 5.01 Å². The van der Waals surface area contributed by atoms with Crippen molar-refractivity contribution in [2.24, 2.45) is 28.8 Å². The Labute approximate surface area is 153 Å². The number of para-hydroxylation sites is 1. The van der Waals surface area contributed by atoms with Gasteiger partial charge in [-0.25, -0.2) is 0 Å². The SMILES string of the molecule is CC(=O)Oc1c(C=NN2C(=O)[C@@H]3[C@H](C2=O)[C@H]2C=C[C@H]3C2)cccc1[N+](=O)[O-]. The zero-order valence-corrected chi connectivity index (χ0v) is 14.3. The van der Waals surface area contributed by atoms with E-state index in [9.17, 15) is 24.5 Å². The highest BCUT2D eigenvalue weighted by Gasteiger charge is 2.59. The van der Waals surface area contributed by atoms with Crippen LogP contribution in [0.3, 0.4) is 0 Å². The molecule has 1 aliphatic heterocycles. The van der Waals surface area contributed by atoms with Gasteiger partial charge in [0, 0.05) is 18.6 Å². The zero-order valence-electron chi connectivity index (χ0n) is 14.3. The van der Waals surface area contributed by atoms with Crippen molar-refractivity contribution in [2.45, 2.75) is 13.3 Å². The molecule has 4 atom stereocenters. The molecule has 2 fully saturated rings. The Hall–Kier alpha value is -3.36. The van der Waals surface area contributed by atoms with E-state index in [0.29, 0.717) is 0 Å². The summed E-state index contributed by atoms with van der Waals surface area (Å²) >= 11 is 0. The molecule has 0 unspecified atom stereocenters. The Morgan fingerprint density at radius 1 is 1.26 bits per heavy atom. The summed E-state index contributed by atoms with van der Waals surface area (Å²) < 4.78 is 4.96. The lowest BCUT2D eigenvalue weighted by atomic mass is 9.85. The fourth-order valence-electron chi connectivity index (χ4n) is 4.16. The van der Waals surface area contributed by atoms with Crippen molar-refractivity contribution >= 4 is 29.7 Å². The average Bonchev–Trinajstić information content (AvgIpc) is 3.28. The Balaban J connectivity index is 1.65. The van der Waals surface area contributed by atoms with Gasteiger partial charge in [0.25, 0.3) is 11.8 Å². The number of hydrogen-bond acceptors (Lipinski definition) is 7. The fraction of sp³-hybridized carbons (Fsp3) is 0.333. The third-order valence-corrected chi connectivity index (χ3v) is 5.23. The van der Waals surface area contributed by atoms with Gasteiger partial charge >= 0.3 is 11.7 Å². The van der Waals surface area contributed by atoms with Crippen LogP contribution in [0, 0.1) is 33.8 Å². The number of nitrogens with zero attached hydrogens (tertiary/aromatic N) is 3. The van der Waals surface area contributed by atoms with Crippen LogP contribution in [-0.4, -0.2) is 33.9 Å². The molecule has 2 bridgehead atoms. The summed E-state index contributed by atoms with van der Waals surface area (Å²) in [7, 11) is 0. The minimum atomic E-state index is -0.732. The summed E-state index contributed by atoms with van der Waals surface area (Å²) in [6.07, 6.45) is 5.90. The lowest BCUT2D eigenvalue weighted by molar-refractivity contribution is -0.385. The molecule has 9 nitrogen and oxygen atoms in total. The number of esters is 1. The van der Waals surface area contributed by atoms with Crippen LogP contribution in [0.1, 0.15) is 18.9 Å². The summed E-state index contributed by atoms with van der Waals surface area (Å²) in [6, 6.07) is 4.04. The van der Waals surface area contributed by atoms with Crippen molar-refractivity contribution in [3.63, 3.8) is 0 Å². The molecule has 0 aromatic heterocycles. The molecule has 1 saturated carbocycles. The summed E-state index contributed by atoms with van der Waals surface area (Å²) in [6.45, 7) is 1.12. The first-order valence-electron chi connectivity index (χ1n) is 8.44. The lowest BCUT2D eigenvalue weighted by Gasteiger charge is -2.13. The maximum Gasteiger partial charge on any atom is 0.312 e. The molecule has 1 aromatic rings. The van der Waals surface area contributed by atoms with E-state index in [1.807, 2.05) is 12.2 Å². The highest BCUT2D eigenvalue weighted by Crippen LogP contribution is 2.52. The largest absolute Gasteiger partial charge is 0.419 e. The van der Waals surface area contributed by atoms with Gasteiger partial charge < -0.3 is 4.74 Å². The molecular weight excluding hydrogens is 354 g/mol. The average molecular weight is 369 g/mol. The molecule has 2 amide bonds. The number of imide groups is 1. The van der Waals surface area contributed by atoms with Crippen molar-refractivity contribution in [2.75, 3.05) is 0 Å². The van der Waals surface area contributed by atoms with Crippen LogP contribution in [-0.2, 0) is 14.4 Å². The molecule has 1 heterocycles. The summed E-state index contributed by atoms with van der Waals surface area (Å²) in [5.74, 6) is -2.39. The molecule has 27 heavy (non-hydrogen) atoms. The monoisotopic (exact) mass is 369 g/mol. The third kappa shape index (κ3) is 2.62. The number of hydrazone groups is 1. The van der Waals surface area contributed by atoms with E-state index in [2.05, 4.69) is 5.10 Å². The van der Waals surface area contributed by atoms with E-state index in [1.165, 1.54) is 18.2 Å². The number of carbonyl (C=O) groups is 3. The second-order valence-electron chi connectivity index (χ2n) is 6.78. The number of fused-ring (bicyclic) bond motifs is 5. The highest BCUT2D eigenvalue weighted by molar-refractivity contribution is 6.07. The van der Waals surface area contributed by atoms with Crippen molar-refractivity contribution in [3.8, 4) is 5.75 Å². The molecule has 0 N–H and O–H groups in total. The van der Waals surface area contributed by atoms with E-state index in [4.69, 9.17) is 4.74 Å². The van der Waals surface area contributed by atoms with Gasteiger partial charge in [-0.2, -0.15) is 10.1 Å². The third-order valence-electron chi connectivity index (χ3n) is 5.23. The van der Waals surface area contributed by atoms with Gasteiger partial charge in [-0.1, -0.05) is 18.2 Å². The Morgan fingerprint density at radius 3 is 2.44 bits per heavy atom. The molecule has 9 heteroatoms. The van der Waals surface area contributed by atoms with Gasteiger partial charge in [0.1, 0.15) is 0 Å². The number of rotatable bonds is 4. The van der Waals surface area contributed by atoms with Crippen LogP contribution in [0.5, 0.6) is 5.75 Å². The molecule has 1 aromatic carbocycles. The number of amides is 2. The molecule has 0 radical (unpaired) electrons. The molecular formula is C18H15N3O6. The summed E-state index contributed by atoms with van der Waals surface area (Å²) in [4.78, 5) is 47.0. The standard InChI is InChI=1S/C18H15N3O6/c1-9(22)27-16-12(3-2-4-13(16)21(25)26)8-19-20-17(23)14-10-5-6-11(7-10)15(14)18(20)24/h2-6,8,10-11,14-15H,7H2,1H3/t10-,11-,14-,15+/m0/s1. The molecule has 4 rings (SSSR count). The van der Waals surface area contributed by atoms with Crippen molar-refractivity contribution in [3.05, 3.63) is 46.0 Å². The van der Waals surface area contributed by atoms with Crippen LogP contribution < -0.4 is 4.74 Å². The minimum absolute atomic E-state index is 0.0612. The smallest absolute Gasteiger partial charge is 0.312 e. The van der Waals surface area contributed by atoms with Gasteiger partial charge in [-0.15, -0.1) is 0 Å². The molecule has 2 aliphatic carbocycles. The maximum absolute atomic E-state index is 12.6. The van der Waals surface area contributed by atoms with Gasteiger partial charge in [0.05, 0.1) is 23.0 Å². The van der Waals surface area contributed by atoms with E-state index >= 15 is 0 Å². The lowest BCUT2D eigenvalue weighted by Crippen LogP contribution is -2.28. The number of nitro groups is 1. The number of allylic oxidation sites excluding steroid dienone is 2. The normalized spacial score (nSPS) is 28.3. The Morgan fingerprint density at radius 2 is 1.89 bits per heavy atom. The molecule has 3 aliphatic rings. The van der Waals surface area contributed by atoms with Crippen LogP contribution in [0.4, 0.5) is 5.69 Å². The molecule has 0 spiro atoms. The second kappa shape index (κ2) is 6.11. The number of carbonyl (C=O) groups excluding carboxylic acids is 3. The Bertz CT molecular complexity index is 907. The predicted molar refractivity (Wildman–Crippen MR) is 91.6 cm³/mol. The number of ether oxygens (including phenoxy) is 1. The quantitative estimate of drug-likeness (QED) is 0.151. The topological polar surface area (TPSA) is 119 Å². The van der Waals surface area contributed by atoms with Gasteiger partial charge in [-0.3, -0.25) is 24.5 Å². The Kier molecular flexibility index (Phi) is 3.87. The minimum Gasteiger partial charge on any atom is -0.419 e. The summed E-state index contributed by atoms with van der Waals surface area (Å²) in [5.41, 5.74) is -0.287. The van der Waals surface area contributed by atoms with Crippen LogP contribution >= 0.6 is 0 Å². The zero-order chi connectivity index (χ0) is 19.3. The maximum atomic E-state index is 12.6. The van der Waals surface area contributed by atoms with E-state index in [-0.39, 0.29) is 46.8 Å². The van der Waals surface area contributed by atoms with E-state index < -0.39 is 16.6 Å². The fourth-order valence-corrected chi connectivity index (χ4v) is 4.16. The van der Waals surface area contributed by atoms with Crippen LogP contribution in [0.2, 0.25) is 0 Å². The van der Waals surface area contributed by atoms with E-state index in [1.54, 1.807) is 0 Å². The second-order valence-corrected chi connectivity index (χ2v) is 6.78. The highest BCUT2D eigenvalue weighted by atomic mass is 16.6. The van der Waals surface area contributed by atoms with Gasteiger partial charge in [0.2, 0.25) is 5.75 Å². The summed E-state index contributed by atoms with van der Waals surface area (Å²) in [5, 5.41) is 16.0. The van der Waals surface area contributed by atoms with Crippen LogP contribution in [0.15, 0.2) is 35.5 Å². The number of benzene rings is 1. The van der Waals surface area contributed by atoms with Crippen molar-refractivity contribution in [1.29, 1.82) is 0 Å². The molecule has 138 valence electrons. The number of hydrogen-bond donors (Lipinski definition) is 0. The number of nitro benzene ring substituents is 1. The predicted octanol–water partition coefficient (Wildman–Crippen LogP) is 1.66. The first kappa shape index (κ1) is 17.1. The molecule has 1 saturated heterocycles. The first-order valence-corrected chi connectivity index (χ1v) is 8.44. The van der Waals surface area contributed by atoms with Crippen LogP contribution in [0.25, 0.3) is 0 Å². The van der Waals surface area contributed by atoms with Gasteiger partial charge in [0.15, 0.2) is 0 Å². The van der Waals surface area contributed by atoms with Crippen molar-refractivity contribution < 1.29 is 24.0 Å². The first-order chi connectivity index (χ1) is 12.9. The van der Waals surface area contributed by atoms with Gasteiger partial charge in [-0.05, 0) is 24.3 Å². The van der Waals surface area contributed by atoms with E-state index in [0.717, 1.165) is 24.6 Å².